The van der Waals surface area contributed by atoms with Crippen molar-refractivity contribution in [2.45, 2.75) is 39.2 Å². The van der Waals surface area contributed by atoms with Gasteiger partial charge in [0, 0.05) is 5.56 Å². The van der Waals surface area contributed by atoms with Crippen LogP contribution in [0, 0.1) is 11.7 Å². The van der Waals surface area contributed by atoms with E-state index in [1.807, 2.05) is 30.3 Å². The molecule has 3 aromatic rings. The van der Waals surface area contributed by atoms with Crippen LogP contribution in [0.5, 0.6) is 0 Å². The van der Waals surface area contributed by atoms with E-state index in [0.717, 1.165) is 29.9 Å². The van der Waals surface area contributed by atoms with Crippen LogP contribution in [0.15, 0.2) is 78.9 Å². The molecule has 3 aromatic carbocycles. The van der Waals surface area contributed by atoms with Crippen LogP contribution >= 0.6 is 0 Å². The van der Waals surface area contributed by atoms with Crippen LogP contribution in [0.4, 0.5) is 4.39 Å². The molecular formula is C30H34FN3O4. The summed E-state index contributed by atoms with van der Waals surface area (Å²) < 4.78 is 13.6. The minimum atomic E-state index is -0.490. The first-order chi connectivity index (χ1) is 18.5. The molecule has 200 valence electrons. The Balaban J connectivity index is 1.55. The molecule has 0 aliphatic carbocycles. The number of hydrogen-bond acceptors (Lipinski definition) is 4. The highest BCUT2D eigenvalue weighted by molar-refractivity contribution is 5.95. The summed E-state index contributed by atoms with van der Waals surface area (Å²) in [7, 11) is 0. The standard InChI is InChI=1S/C30H34FN3O4/c1-2-3-5-12-27(19-34(22-35)38-20-23-10-6-4-7-11-23)30(37)33-21-32-29(36)26-15-8-13-24(17-26)25-14-9-16-28(31)18-25/h4,6-11,13-18,22,27H,2-3,5,12,19-21H2,1H3,(H,32,36)(H,33,37)/t27-/m1/s1. The maximum Gasteiger partial charge on any atom is 0.252 e. The Morgan fingerprint density at radius 2 is 1.68 bits per heavy atom. The third-order valence-electron chi connectivity index (χ3n) is 6.08. The van der Waals surface area contributed by atoms with Gasteiger partial charge in [-0.2, -0.15) is 0 Å². The van der Waals surface area contributed by atoms with Gasteiger partial charge in [-0.25, -0.2) is 9.45 Å². The molecule has 8 heteroatoms. The van der Waals surface area contributed by atoms with Crippen LogP contribution < -0.4 is 10.6 Å². The molecule has 0 fully saturated rings. The summed E-state index contributed by atoms with van der Waals surface area (Å²) in [5.41, 5.74) is 2.68. The lowest BCUT2D eigenvalue weighted by Gasteiger charge is -2.23. The van der Waals surface area contributed by atoms with Gasteiger partial charge < -0.3 is 10.6 Å². The second-order valence-electron chi connectivity index (χ2n) is 8.97. The molecular weight excluding hydrogens is 485 g/mol. The number of unbranched alkanes of at least 4 members (excludes halogenated alkanes) is 2. The first kappa shape index (κ1) is 28.5. The van der Waals surface area contributed by atoms with E-state index in [2.05, 4.69) is 17.6 Å². The average molecular weight is 520 g/mol. The second kappa shape index (κ2) is 15.3. The molecule has 1 atom stereocenters. The van der Waals surface area contributed by atoms with Crippen LogP contribution in [0.2, 0.25) is 0 Å². The van der Waals surface area contributed by atoms with Crippen molar-refractivity contribution in [2.75, 3.05) is 13.2 Å². The number of halogens is 1. The van der Waals surface area contributed by atoms with Crippen LogP contribution in [0.3, 0.4) is 0 Å². The van der Waals surface area contributed by atoms with E-state index in [1.165, 1.54) is 12.1 Å². The molecule has 0 saturated heterocycles. The summed E-state index contributed by atoms with van der Waals surface area (Å²) >= 11 is 0. The predicted octanol–water partition coefficient (Wildman–Crippen LogP) is 5.08. The van der Waals surface area contributed by atoms with Crippen LogP contribution in [0.1, 0.15) is 48.5 Å². The van der Waals surface area contributed by atoms with Crippen molar-refractivity contribution in [2.24, 2.45) is 5.92 Å². The van der Waals surface area contributed by atoms with Crippen LogP contribution in [0.25, 0.3) is 11.1 Å². The maximum atomic E-state index is 13.6. The minimum Gasteiger partial charge on any atom is -0.338 e. The Kier molecular flexibility index (Phi) is 11.5. The van der Waals surface area contributed by atoms with Gasteiger partial charge in [0.25, 0.3) is 5.91 Å². The Bertz CT molecular complexity index is 1190. The molecule has 0 unspecified atom stereocenters. The summed E-state index contributed by atoms with van der Waals surface area (Å²) in [6, 6.07) is 22.5. The monoisotopic (exact) mass is 519 g/mol. The zero-order valence-electron chi connectivity index (χ0n) is 21.6. The van der Waals surface area contributed by atoms with Crippen molar-refractivity contribution in [1.82, 2.24) is 15.7 Å². The summed E-state index contributed by atoms with van der Waals surface area (Å²) in [5, 5.41) is 6.60. The van der Waals surface area contributed by atoms with Gasteiger partial charge in [0.1, 0.15) is 12.4 Å². The van der Waals surface area contributed by atoms with E-state index in [9.17, 15) is 18.8 Å². The largest absolute Gasteiger partial charge is 0.338 e. The molecule has 2 N–H and O–H groups in total. The van der Waals surface area contributed by atoms with Crippen LogP contribution in [-0.2, 0) is 21.0 Å². The molecule has 7 nitrogen and oxygen atoms in total. The maximum absolute atomic E-state index is 13.6. The van der Waals surface area contributed by atoms with Gasteiger partial charge in [0.15, 0.2) is 0 Å². The van der Waals surface area contributed by atoms with Gasteiger partial charge in [-0.05, 0) is 47.4 Å². The number of carbonyl (C=O) groups is 3. The lowest BCUT2D eigenvalue weighted by atomic mass is 10.00. The quantitative estimate of drug-likeness (QED) is 0.127. The minimum absolute atomic E-state index is 0.0713. The predicted molar refractivity (Wildman–Crippen MR) is 144 cm³/mol. The van der Waals surface area contributed by atoms with Crippen molar-refractivity contribution in [1.29, 1.82) is 0 Å². The fraction of sp³-hybridized carbons (Fsp3) is 0.300. The highest BCUT2D eigenvalue weighted by atomic mass is 19.1. The first-order valence-corrected chi connectivity index (χ1v) is 12.8. The fourth-order valence-corrected chi connectivity index (χ4v) is 3.99. The Morgan fingerprint density at radius 1 is 0.947 bits per heavy atom. The van der Waals surface area contributed by atoms with E-state index in [4.69, 9.17) is 4.84 Å². The molecule has 0 heterocycles. The van der Waals surface area contributed by atoms with E-state index in [1.54, 1.807) is 36.4 Å². The van der Waals surface area contributed by atoms with Gasteiger partial charge in [-0.1, -0.05) is 80.8 Å². The van der Waals surface area contributed by atoms with E-state index in [0.29, 0.717) is 29.5 Å². The number of rotatable bonds is 15. The Hall–Kier alpha value is -4.04. The second-order valence-corrected chi connectivity index (χ2v) is 8.97. The number of nitrogens with one attached hydrogen (secondary N) is 2. The van der Waals surface area contributed by atoms with Crippen LogP contribution in [-0.4, -0.2) is 36.5 Å². The normalized spacial score (nSPS) is 11.4. The van der Waals surface area contributed by atoms with Crippen molar-refractivity contribution in [3.8, 4) is 11.1 Å². The number of carbonyl (C=O) groups excluding carboxylic acids is 3. The average Bonchev–Trinajstić information content (AvgIpc) is 2.95. The van der Waals surface area contributed by atoms with Crippen molar-refractivity contribution in [3.05, 3.63) is 95.8 Å². The first-order valence-electron chi connectivity index (χ1n) is 12.8. The molecule has 0 bridgehead atoms. The van der Waals surface area contributed by atoms with Gasteiger partial charge in [-0.3, -0.25) is 19.2 Å². The third kappa shape index (κ3) is 9.12. The molecule has 3 amide bonds. The van der Waals surface area contributed by atoms with Crippen molar-refractivity contribution in [3.63, 3.8) is 0 Å². The highest BCUT2D eigenvalue weighted by Gasteiger charge is 2.22. The summed E-state index contributed by atoms with van der Waals surface area (Å²) in [6.07, 6.45) is 3.97. The number of amides is 3. The molecule has 0 aromatic heterocycles. The lowest BCUT2D eigenvalue weighted by molar-refractivity contribution is -0.182. The SMILES string of the molecule is CCCCC[C@H](CN(C=O)OCc1ccccc1)C(=O)NCNC(=O)c1cccc(-c2cccc(F)c2)c1. The molecule has 0 aliphatic heterocycles. The van der Waals surface area contributed by atoms with Gasteiger partial charge in [0.05, 0.1) is 19.1 Å². The number of nitrogens with zero attached hydrogens (tertiary/aromatic N) is 1. The zero-order chi connectivity index (χ0) is 27.2. The van der Waals surface area contributed by atoms with Crippen molar-refractivity contribution >= 4 is 18.2 Å². The third-order valence-corrected chi connectivity index (χ3v) is 6.08. The summed E-state index contributed by atoms with van der Waals surface area (Å²) in [6.45, 7) is 2.33. The molecule has 0 saturated carbocycles. The van der Waals surface area contributed by atoms with Gasteiger partial charge in [0.2, 0.25) is 12.3 Å². The highest BCUT2D eigenvalue weighted by Crippen LogP contribution is 2.21. The zero-order valence-corrected chi connectivity index (χ0v) is 21.6. The molecule has 0 radical (unpaired) electrons. The van der Waals surface area contributed by atoms with Gasteiger partial charge >= 0.3 is 0 Å². The molecule has 0 spiro atoms. The van der Waals surface area contributed by atoms with E-state index in [-0.39, 0.29) is 37.5 Å². The Labute approximate surface area is 223 Å². The van der Waals surface area contributed by atoms with Crippen molar-refractivity contribution < 1.29 is 23.6 Å². The van der Waals surface area contributed by atoms with E-state index >= 15 is 0 Å². The topological polar surface area (TPSA) is 87.7 Å². The smallest absolute Gasteiger partial charge is 0.252 e. The fourth-order valence-electron chi connectivity index (χ4n) is 3.99. The lowest BCUT2D eigenvalue weighted by Crippen LogP contribution is -2.43. The number of hydroxylamine groups is 2. The molecule has 38 heavy (non-hydrogen) atoms. The molecule has 3 rings (SSSR count). The number of hydrogen-bond donors (Lipinski definition) is 2. The molecule has 0 aliphatic rings. The Morgan fingerprint density at radius 3 is 2.39 bits per heavy atom. The summed E-state index contributed by atoms with van der Waals surface area (Å²) in [5.74, 6) is -1.49. The summed E-state index contributed by atoms with van der Waals surface area (Å²) in [4.78, 5) is 42.9. The van der Waals surface area contributed by atoms with E-state index < -0.39 is 5.92 Å². The van der Waals surface area contributed by atoms with Gasteiger partial charge in [-0.15, -0.1) is 0 Å². The number of benzene rings is 3.